The number of carbonyl (C=O) groups excluding carboxylic acids is 5. The minimum absolute atomic E-state index is 0.00503. The third-order valence-corrected chi connectivity index (χ3v) is 10.8. The summed E-state index contributed by atoms with van der Waals surface area (Å²) in [7, 11) is 0. The van der Waals surface area contributed by atoms with E-state index in [9.17, 15) is 24.0 Å². The van der Waals surface area contributed by atoms with Gasteiger partial charge in [0.05, 0.1) is 32.0 Å². The molecule has 0 saturated heterocycles. The summed E-state index contributed by atoms with van der Waals surface area (Å²) in [5, 5.41) is 15.0. The van der Waals surface area contributed by atoms with E-state index in [1.165, 1.54) is 16.0 Å². The van der Waals surface area contributed by atoms with Crippen LogP contribution in [-0.4, -0.2) is 72.4 Å². The molecule has 5 amide bonds. The van der Waals surface area contributed by atoms with Gasteiger partial charge in [-0.3, -0.25) is 24.0 Å². The molecular formula is C38H51N5O6S2. The smallest absolute Gasteiger partial charge is 0.243 e. The van der Waals surface area contributed by atoms with Gasteiger partial charge >= 0.3 is 0 Å². The first kappa shape index (κ1) is 41.2. The van der Waals surface area contributed by atoms with Gasteiger partial charge in [-0.1, -0.05) is 81.8 Å². The van der Waals surface area contributed by atoms with Crippen LogP contribution in [0.25, 0.3) is 0 Å². The van der Waals surface area contributed by atoms with Crippen molar-refractivity contribution in [2.75, 3.05) is 32.1 Å². The summed E-state index contributed by atoms with van der Waals surface area (Å²) in [6, 6.07) is 18.4. The van der Waals surface area contributed by atoms with E-state index in [4.69, 9.17) is 4.74 Å². The summed E-state index contributed by atoms with van der Waals surface area (Å²) in [6.45, 7) is 7.73. The predicted octanol–water partition coefficient (Wildman–Crippen LogP) is 4.02. The van der Waals surface area contributed by atoms with Gasteiger partial charge in [0.1, 0.15) is 12.8 Å². The lowest BCUT2D eigenvalue weighted by Gasteiger charge is -2.26. The van der Waals surface area contributed by atoms with Crippen molar-refractivity contribution in [1.29, 1.82) is 0 Å². The third kappa shape index (κ3) is 16.1. The summed E-state index contributed by atoms with van der Waals surface area (Å²) in [4.78, 5) is 64.2. The highest BCUT2D eigenvalue weighted by Gasteiger charge is 2.24. The zero-order chi connectivity index (χ0) is 37.1. The molecule has 0 aliphatic rings. The van der Waals surface area contributed by atoms with Crippen LogP contribution in [0.5, 0.6) is 0 Å². The standard InChI is InChI=1S/C38H51N5O6S2/c1-5-16-38(4,6-2)51-25-36(47)40-20-33(44)39-22-35(46)43-32(19-28-10-8-7-9-11-28)37(48)41-21-34(45)42-26-49-23-30-14-12-29(13-15-30)18-31-17-27(3)24-50-31/h7-15,17,24,32H,5-6,16,18-23,25-26H2,1-4H3,(H,39,44)(H,40,47)(H,41,48)(H,42,45)(H,43,46)/t32-,38?/m0/s1. The van der Waals surface area contributed by atoms with E-state index in [1.54, 1.807) is 23.1 Å². The Kier molecular flexibility index (Phi) is 17.7. The number of amides is 5. The number of carbonyl (C=O) groups is 5. The third-order valence-electron chi connectivity index (χ3n) is 8.15. The Morgan fingerprint density at radius 3 is 2.12 bits per heavy atom. The lowest BCUT2D eigenvalue weighted by Crippen LogP contribution is -2.52. The minimum atomic E-state index is -1.000. The van der Waals surface area contributed by atoms with Gasteiger partial charge in [-0.15, -0.1) is 23.1 Å². The summed E-state index contributed by atoms with van der Waals surface area (Å²) in [5.41, 5.74) is 4.25. The maximum absolute atomic E-state index is 13.1. The maximum Gasteiger partial charge on any atom is 0.243 e. The van der Waals surface area contributed by atoms with E-state index in [-0.39, 0.29) is 49.2 Å². The van der Waals surface area contributed by atoms with Gasteiger partial charge in [0, 0.05) is 22.5 Å². The molecule has 2 atom stereocenters. The number of nitrogens with one attached hydrogen (secondary N) is 5. The zero-order valence-electron chi connectivity index (χ0n) is 30.0. The Balaban J connectivity index is 1.38. The van der Waals surface area contributed by atoms with E-state index >= 15 is 0 Å². The Morgan fingerprint density at radius 1 is 0.804 bits per heavy atom. The van der Waals surface area contributed by atoms with Crippen molar-refractivity contribution in [3.8, 4) is 0 Å². The summed E-state index contributed by atoms with van der Waals surface area (Å²) in [6.07, 6.45) is 4.01. The number of aryl methyl sites for hydroxylation is 1. The van der Waals surface area contributed by atoms with Crippen LogP contribution in [0.15, 0.2) is 66.0 Å². The fraction of sp³-hybridized carbons (Fsp3) is 0.447. The predicted molar refractivity (Wildman–Crippen MR) is 203 cm³/mol. The first-order valence-corrected chi connectivity index (χ1v) is 19.1. The molecule has 276 valence electrons. The fourth-order valence-electron chi connectivity index (χ4n) is 5.09. The minimum Gasteiger partial charge on any atom is -0.357 e. The largest absolute Gasteiger partial charge is 0.357 e. The Hall–Kier alpha value is -4.20. The van der Waals surface area contributed by atoms with Crippen molar-refractivity contribution in [2.24, 2.45) is 0 Å². The Labute approximate surface area is 309 Å². The highest BCUT2D eigenvalue weighted by Crippen LogP contribution is 2.32. The molecule has 2 aromatic carbocycles. The maximum atomic E-state index is 13.1. The summed E-state index contributed by atoms with van der Waals surface area (Å²) < 4.78 is 5.60. The molecule has 0 aliphatic carbocycles. The normalized spacial score (nSPS) is 12.6. The molecule has 3 rings (SSSR count). The van der Waals surface area contributed by atoms with Crippen molar-refractivity contribution in [3.63, 3.8) is 0 Å². The Bertz CT molecular complexity index is 1570. The van der Waals surface area contributed by atoms with Crippen molar-refractivity contribution in [2.45, 2.75) is 77.2 Å². The van der Waals surface area contributed by atoms with E-state index in [0.717, 1.165) is 36.8 Å². The molecule has 1 aromatic heterocycles. The lowest BCUT2D eigenvalue weighted by atomic mass is 10.0. The molecule has 13 heteroatoms. The van der Waals surface area contributed by atoms with Crippen molar-refractivity contribution in [3.05, 3.63) is 93.2 Å². The molecule has 1 heterocycles. The van der Waals surface area contributed by atoms with E-state index < -0.39 is 29.7 Å². The highest BCUT2D eigenvalue weighted by atomic mass is 32.2. The first-order chi connectivity index (χ1) is 24.5. The molecule has 51 heavy (non-hydrogen) atoms. The number of hydrogen-bond acceptors (Lipinski definition) is 8. The number of thiophene rings is 1. The average molecular weight is 738 g/mol. The van der Waals surface area contributed by atoms with Gasteiger partial charge in [-0.25, -0.2) is 0 Å². The average Bonchev–Trinajstić information content (AvgIpc) is 3.54. The van der Waals surface area contributed by atoms with Gasteiger partial charge in [0.2, 0.25) is 29.5 Å². The van der Waals surface area contributed by atoms with Crippen LogP contribution in [0, 0.1) is 6.92 Å². The number of thioether (sulfide) groups is 1. The monoisotopic (exact) mass is 737 g/mol. The van der Waals surface area contributed by atoms with Crippen LogP contribution in [0.4, 0.5) is 0 Å². The van der Waals surface area contributed by atoms with Crippen LogP contribution in [-0.2, 0) is 48.2 Å². The number of rotatable bonds is 22. The van der Waals surface area contributed by atoms with Gasteiger partial charge < -0.3 is 31.3 Å². The van der Waals surface area contributed by atoms with Gasteiger partial charge in [-0.05, 0) is 53.5 Å². The molecule has 0 bridgehead atoms. The summed E-state index contributed by atoms with van der Waals surface area (Å²) in [5.74, 6) is -2.14. The van der Waals surface area contributed by atoms with Crippen LogP contribution < -0.4 is 26.6 Å². The highest BCUT2D eigenvalue weighted by molar-refractivity contribution is 8.01. The first-order valence-electron chi connectivity index (χ1n) is 17.2. The van der Waals surface area contributed by atoms with Crippen molar-refractivity contribution in [1.82, 2.24) is 26.6 Å². The van der Waals surface area contributed by atoms with Gasteiger partial charge in [0.25, 0.3) is 0 Å². The number of ether oxygens (including phenoxy) is 1. The molecule has 0 aliphatic heterocycles. The molecule has 0 spiro atoms. The van der Waals surface area contributed by atoms with Crippen LogP contribution in [0.3, 0.4) is 0 Å². The molecule has 0 radical (unpaired) electrons. The van der Waals surface area contributed by atoms with E-state index in [0.29, 0.717) is 6.61 Å². The van der Waals surface area contributed by atoms with Gasteiger partial charge in [0.15, 0.2) is 0 Å². The lowest BCUT2D eigenvalue weighted by molar-refractivity contribution is -0.131. The number of hydrogen-bond donors (Lipinski definition) is 5. The fourth-order valence-corrected chi connectivity index (χ4v) is 7.13. The Morgan fingerprint density at radius 2 is 1.45 bits per heavy atom. The molecular weight excluding hydrogens is 687 g/mol. The molecule has 3 aromatic rings. The van der Waals surface area contributed by atoms with Crippen LogP contribution in [0.2, 0.25) is 0 Å². The number of benzene rings is 2. The molecule has 11 nitrogen and oxygen atoms in total. The van der Waals surface area contributed by atoms with E-state index in [2.05, 4.69) is 77.9 Å². The molecule has 0 saturated carbocycles. The second-order valence-corrected chi connectivity index (χ2v) is 15.2. The second-order valence-electron chi connectivity index (χ2n) is 12.6. The van der Waals surface area contributed by atoms with Crippen molar-refractivity contribution >= 4 is 52.6 Å². The van der Waals surface area contributed by atoms with Gasteiger partial charge in [-0.2, -0.15) is 0 Å². The van der Waals surface area contributed by atoms with Crippen LogP contribution >= 0.6 is 23.1 Å². The van der Waals surface area contributed by atoms with Crippen molar-refractivity contribution < 1.29 is 28.7 Å². The quantitative estimate of drug-likeness (QED) is 0.0772. The SMILES string of the molecule is CCCC(C)(CC)SCC(=O)NCC(=O)NCC(=O)N[C@@H](Cc1ccccc1)C(=O)NCC(=O)NCOCc1ccc(Cc2cc(C)cs2)cc1. The zero-order valence-corrected chi connectivity index (χ0v) is 31.6. The van der Waals surface area contributed by atoms with E-state index in [1.807, 2.05) is 42.5 Å². The molecule has 0 fully saturated rings. The molecule has 5 N–H and O–H groups in total. The molecule has 1 unspecified atom stereocenters. The summed E-state index contributed by atoms with van der Waals surface area (Å²) >= 11 is 3.32. The van der Waals surface area contributed by atoms with Crippen LogP contribution in [0.1, 0.15) is 67.2 Å². The second kappa shape index (κ2) is 21.9. The topological polar surface area (TPSA) is 155 Å².